The van der Waals surface area contributed by atoms with E-state index in [0.29, 0.717) is 19.3 Å². The summed E-state index contributed by atoms with van der Waals surface area (Å²) in [6.45, 7) is 4.29. The van der Waals surface area contributed by atoms with Crippen LogP contribution in [-0.2, 0) is 13.0 Å². The maximum atomic E-state index is 5.81. The van der Waals surface area contributed by atoms with Crippen LogP contribution in [0.1, 0.15) is 24.6 Å². The zero-order chi connectivity index (χ0) is 17.6. The fourth-order valence-electron chi connectivity index (χ4n) is 2.86. The van der Waals surface area contributed by atoms with Crippen LogP contribution in [0.25, 0.3) is 0 Å². The van der Waals surface area contributed by atoms with Crippen LogP contribution in [0.5, 0.6) is 17.2 Å². The molecule has 2 aromatic rings. The topological polar surface area (TPSA) is 56.7 Å². The van der Waals surface area contributed by atoms with Crippen LogP contribution >= 0.6 is 0 Å². The van der Waals surface area contributed by atoms with Gasteiger partial charge >= 0.3 is 0 Å². The molecule has 134 valence electrons. The van der Waals surface area contributed by atoms with E-state index >= 15 is 0 Å². The third-order valence-corrected chi connectivity index (χ3v) is 4.44. The molecular weight excluding hydrogens is 318 g/mol. The zero-order valence-corrected chi connectivity index (χ0v) is 15.1. The average molecular weight is 343 g/mol. The fourth-order valence-corrected chi connectivity index (χ4v) is 2.86. The summed E-state index contributed by atoms with van der Waals surface area (Å²) in [7, 11) is 3.79. The summed E-state index contributed by atoms with van der Waals surface area (Å²) >= 11 is 0. The van der Waals surface area contributed by atoms with E-state index in [1.54, 1.807) is 19.5 Å². The maximum absolute atomic E-state index is 5.81. The van der Waals surface area contributed by atoms with Gasteiger partial charge < -0.3 is 14.2 Å². The van der Waals surface area contributed by atoms with Crippen LogP contribution < -0.4 is 14.2 Å². The number of benzene rings is 1. The SMILES string of the molecule is COc1cc2c(cc1CN(C)C(C)Cc1cnccn1)OCCCO2. The summed E-state index contributed by atoms with van der Waals surface area (Å²) in [6.07, 6.45) is 6.98. The number of hydrogen-bond donors (Lipinski definition) is 0. The van der Waals surface area contributed by atoms with Gasteiger partial charge in [0.15, 0.2) is 11.5 Å². The highest BCUT2D eigenvalue weighted by Crippen LogP contribution is 2.37. The number of likely N-dealkylation sites (N-methyl/N-ethyl adjacent to an activating group) is 1. The van der Waals surface area contributed by atoms with Crippen LogP contribution in [0.3, 0.4) is 0 Å². The number of fused-ring (bicyclic) bond motifs is 1. The Bertz CT molecular complexity index is 694. The Labute approximate surface area is 148 Å². The fraction of sp³-hybridized carbons (Fsp3) is 0.474. The lowest BCUT2D eigenvalue weighted by atomic mass is 10.1. The lowest BCUT2D eigenvalue weighted by molar-refractivity contribution is 0.242. The van der Waals surface area contributed by atoms with E-state index in [2.05, 4.69) is 28.8 Å². The van der Waals surface area contributed by atoms with Gasteiger partial charge in [-0.3, -0.25) is 14.9 Å². The van der Waals surface area contributed by atoms with Crippen molar-refractivity contribution in [3.63, 3.8) is 0 Å². The third kappa shape index (κ3) is 4.39. The molecule has 25 heavy (non-hydrogen) atoms. The van der Waals surface area contributed by atoms with Crippen molar-refractivity contribution in [3.8, 4) is 17.2 Å². The predicted octanol–water partition coefficient (Wildman–Crippen LogP) is 2.71. The molecule has 0 bridgehead atoms. The molecule has 1 aliphatic heterocycles. The van der Waals surface area contributed by atoms with E-state index in [-0.39, 0.29) is 0 Å². The summed E-state index contributed by atoms with van der Waals surface area (Å²) < 4.78 is 17.1. The Morgan fingerprint density at radius 1 is 1.20 bits per heavy atom. The smallest absolute Gasteiger partial charge is 0.164 e. The third-order valence-electron chi connectivity index (χ3n) is 4.44. The van der Waals surface area contributed by atoms with Gasteiger partial charge in [0.2, 0.25) is 0 Å². The second-order valence-electron chi connectivity index (χ2n) is 6.33. The van der Waals surface area contributed by atoms with Crippen LogP contribution in [0.2, 0.25) is 0 Å². The van der Waals surface area contributed by atoms with Crippen LogP contribution in [-0.4, -0.2) is 48.3 Å². The highest BCUT2D eigenvalue weighted by atomic mass is 16.5. The Kier molecular flexibility index (Phi) is 5.71. The van der Waals surface area contributed by atoms with E-state index in [4.69, 9.17) is 14.2 Å². The van der Waals surface area contributed by atoms with Gasteiger partial charge in [-0.25, -0.2) is 0 Å². The molecule has 1 aliphatic rings. The van der Waals surface area contributed by atoms with Crippen LogP contribution in [0.4, 0.5) is 0 Å². The van der Waals surface area contributed by atoms with Crippen molar-refractivity contribution in [2.75, 3.05) is 27.4 Å². The molecule has 0 aliphatic carbocycles. The first-order valence-corrected chi connectivity index (χ1v) is 8.59. The van der Waals surface area contributed by atoms with Crippen molar-refractivity contribution >= 4 is 0 Å². The number of aromatic nitrogens is 2. The normalized spacial score (nSPS) is 14.9. The number of nitrogens with zero attached hydrogens (tertiary/aromatic N) is 3. The molecular formula is C19H25N3O3. The first kappa shape index (κ1) is 17.5. The molecule has 1 aromatic heterocycles. The van der Waals surface area contributed by atoms with Gasteiger partial charge in [-0.05, 0) is 20.0 Å². The predicted molar refractivity (Wildman–Crippen MR) is 95.3 cm³/mol. The lowest BCUT2D eigenvalue weighted by Crippen LogP contribution is -2.30. The van der Waals surface area contributed by atoms with Gasteiger partial charge in [0.05, 0.1) is 26.0 Å². The molecule has 0 saturated heterocycles. The maximum Gasteiger partial charge on any atom is 0.164 e. The second kappa shape index (κ2) is 8.16. The minimum Gasteiger partial charge on any atom is -0.496 e. The van der Waals surface area contributed by atoms with Crippen molar-refractivity contribution in [1.29, 1.82) is 0 Å². The van der Waals surface area contributed by atoms with E-state index in [1.807, 2.05) is 18.3 Å². The molecule has 0 fully saturated rings. The quantitative estimate of drug-likeness (QED) is 0.804. The minimum absolute atomic E-state index is 0.317. The first-order chi connectivity index (χ1) is 12.2. The number of hydrogen-bond acceptors (Lipinski definition) is 6. The standard InChI is InChI=1S/C19H25N3O3/c1-14(9-16-12-20-5-6-21-16)22(2)13-15-10-18-19(11-17(15)23-3)25-8-4-7-24-18/h5-6,10-12,14H,4,7-9,13H2,1-3H3. The van der Waals surface area contributed by atoms with Gasteiger partial charge in [-0.2, -0.15) is 0 Å². The Hall–Kier alpha value is -2.34. The molecule has 1 aromatic carbocycles. The van der Waals surface area contributed by atoms with Crippen molar-refractivity contribution in [1.82, 2.24) is 14.9 Å². The average Bonchev–Trinajstić information content (AvgIpc) is 2.86. The highest BCUT2D eigenvalue weighted by molar-refractivity contribution is 5.51. The molecule has 2 heterocycles. The number of rotatable bonds is 6. The van der Waals surface area contributed by atoms with Crippen molar-refractivity contribution in [3.05, 3.63) is 42.0 Å². The van der Waals surface area contributed by atoms with E-state index in [1.165, 1.54) is 0 Å². The molecule has 6 nitrogen and oxygen atoms in total. The summed E-state index contributed by atoms with van der Waals surface area (Å²) in [5.41, 5.74) is 2.08. The van der Waals surface area contributed by atoms with E-state index < -0.39 is 0 Å². The van der Waals surface area contributed by atoms with Crippen molar-refractivity contribution in [2.24, 2.45) is 0 Å². The zero-order valence-electron chi connectivity index (χ0n) is 15.1. The summed E-state index contributed by atoms with van der Waals surface area (Å²) in [4.78, 5) is 10.8. The van der Waals surface area contributed by atoms with Gasteiger partial charge in [0.25, 0.3) is 0 Å². The lowest BCUT2D eigenvalue weighted by Gasteiger charge is -2.25. The van der Waals surface area contributed by atoms with Crippen LogP contribution in [0, 0.1) is 0 Å². The second-order valence-corrected chi connectivity index (χ2v) is 6.33. The molecule has 1 atom stereocenters. The Balaban J connectivity index is 1.73. The molecule has 1 unspecified atom stereocenters. The summed E-state index contributed by atoms with van der Waals surface area (Å²) in [5, 5.41) is 0. The summed E-state index contributed by atoms with van der Waals surface area (Å²) in [5.74, 6) is 2.37. The molecule has 3 rings (SSSR count). The van der Waals surface area contributed by atoms with Crippen molar-refractivity contribution < 1.29 is 14.2 Å². The molecule has 0 radical (unpaired) electrons. The molecule has 0 saturated carbocycles. The Morgan fingerprint density at radius 3 is 2.64 bits per heavy atom. The van der Waals surface area contributed by atoms with Crippen LogP contribution in [0.15, 0.2) is 30.7 Å². The van der Waals surface area contributed by atoms with Crippen molar-refractivity contribution in [2.45, 2.75) is 32.4 Å². The van der Waals surface area contributed by atoms with Gasteiger partial charge in [-0.15, -0.1) is 0 Å². The molecule has 0 spiro atoms. The molecule has 0 N–H and O–H groups in total. The first-order valence-electron chi connectivity index (χ1n) is 8.59. The largest absolute Gasteiger partial charge is 0.496 e. The Morgan fingerprint density at radius 2 is 1.96 bits per heavy atom. The minimum atomic E-state index is 0.317. The van der Waals surface area contributed by atoms with E-state index in [0.717, 1.165) is 47.9 Å². The molecule has 6 heteroatoms. The summed E-state index contributed by atoms with van der Waals surface area (Å²) in [6, 6.07) is 4.28. The van der Waals surface area contributed by atoms with Gasteiger partial charge in [-0.1, -0.05) is 0 Å². The molecule has 0 amide bonds. The van der Waals surface area contributed by atoms with Gasteiger partial charge in [0, 0.05) is 55.6 Å². The highest BCUT2D eigenvalue weighted by Gasteiger charge is 2.18. The monoisotopic (exact) mass is 343 g/mol. The number of methoxy groups -OCH3 is 1. The number of ether oxygens (including phenoxy) is 3. The van der Waals surface area contributed by atoms with Gasteiger partial charge in [0.1, 0.15) is 5.75 Å². The van der Waals surface area contributed by atoms with E-state index in [9.17, 15) is 0 Å².